The molecular formula is C9H8N2S3. The normalized spacial score (nSPS) is 10.4. The molecule has 14 heavy (non-hydrogen) atoms. The fraction of sp³-hybridized carbons (Fsp3) is 0.111. The van der Waals surface area contributed by atoms with E-state index in [-0.39, 0.29) is 0 Å². The highest BCUT2D eigenvalue weighted by molar-refractivity contribution is 8.77. The highest BCUT2D eigenvalue weighted by Gasteiger charge is 2.01. The minimum Gasteiger partial charge on any atom is -0.143 e. The smallest absolute Gasteiger partial charge is 0.143 e. The molecule has 0 unspecified atom stereocenters. The molecule has 0 aliphatic rings. The van der Waals surface area contributed by atoms with Crippen LogP contribution in [0.25, 0.3) is 0 Å². The molecule has 0 aliphatic carbocycles. The third-order valence-corrected chi connectivity index (χ3v) is 4.98. The van der Waals surface area contributed by atoms with Crippen LogP contribution in [-0.4, -0.2) is 10.2 Å². The average Bonchev–Trinajstić information content (AvgIpc) is 2.63. The van der Waals surface area contributed by atoms with Gasteiger partial charge in [-0.3, -0.25) is 0 Å². The van der Waals surface area contributed by atoms with Crippen LogP contribution in [0, 0.1) is 6.92 Å². The number of rotatable bonds is 3. The molecule has 0 radical (unpaired) electrons. The summed E-state index contributed by atoms with van der Waals surface area (Å²) in [6.45, 7) is 1.97. The quantitative estimate of drug-likeness (QED) is 0.765. The summed E-state index contributed by atoms with van der Waals surface area (Å²) < 4.78 is 1.01. The number of hydrogen-bond donors (Lipinski definition) is 0. The minimum absolute atomic E-state index is 1.01. The predicted octanol–water partition coefficient (Wildman–Crippen LogP) is 3.65. The van der Waals surface area contributed by atoms with Gasteiger partial charge >= 0.3 is 0 Å². The summed E-state index contributed by atoms with van der Waals surface area (Å²) in [6, 6.07) is 10.3. The second kappa shape index (κ2) is 4.82. The van der Waals surface area contributed by atoms with E-state index in [1.807, 2.05) is 25.1 Å². The molecule has 0 saturated carbocycles. The Labute approximate surface area is 94.5 Å². The van der Waals surface area contributed by atoms with Crippen LogP contribution in [0.5, 0.6) is 0 Å². The van der Waals surface area contributed by atoms with Crippen molar-refractivity contribution in [2.75, 3.05) is 0 Å². The molecule has 0 atom stereocenters. The molecular weight excluding hydrogens is 232 g/mol. The Morgan fingerprint density at radius 2 is 1.86 bits per heavy atom. The fourth-order valence-electron chi connectivity index (χ4n) is 0.872. The monoisotopic (exact) mass is 240 g/mol. The van der Waals surface area contributed by atoms with Gasteiger partial charge in [-0.15, -0.1) is 10.2 Å². The van der Waals surface area contributed by atoms with Crippen molar-refractivity contribution in [3.8, 4) is 0 Å². The molecule has 0 fully saturated rings. The number of benzene rings is 1. The Balaban J connectivity index is 1.95. The summed E-state index contributed by atoms with van der Waals surface area (Å²) in [7, 11) is 3.37. The molecule has 1 aromatic heterocycles. The lowest BCUT2D eigenvalue weighted by Gasteiger charge is -1.95. The molecule has 1 aromatic carbocycles. The van der Waals surface area contributed by atoms with Gasteiger partial charge in [0.2, 0.25) is 0 Å². The maximum Gasteiger partial charge on any atom is 0.185 e. The number of nitrogens with zero attached hydrogens (tertiary/aromatic N) is 2. The van der Waals surface area contributed by atoms with E-state index in [9.17, 15) is 0 Å². The first-order chi connectivity index (χ1) is 6.84. The number of aromatic nitrogens is 2. The van der Waals surface area contributed by atoms with Gasteiger partial charge in [0.1, 0.15) is 5.01 Å². The Bertz CT molecular complexity index is 399. The van der Waals surface area contributed by atoms with Crippen molar-refractivity contribution in [3.63, 3.8) is 0 Å². The molecule has 2 rings (SSSR count). The molecule has 72 valence electrons. The Morgan fingerprint density at radius 1 is 1.07 bits per heavy atom. The maximum absolute atomic E-state index is 4.04. The van der Waals surface area contributed by atoms with Crippen molar-refractivity contribution < 1.29 is 0 Å². The van der Waals surface area contributed by atoms with E-state index in [0.29, 0.717) is 0 Å². The van der Waals surface area contributed by atoms with Crippen LogP contribution in [0.2, 0.25) is 0 Å². The summed E-state index contributed by atoms with van der Waals surface area (Å²) in [6.07, 6.45) is 0. The van der Waals surface area contributed by atoms with E-state index < -0.39 is 0 Å². The van der Waals surface area contributed by atoms with E-state index in [1.54, 1.807) is 32.9 Å². The van der Waals surface area contributed by atoms with Gasteiger partial charge in [-0.25, -0.2) is 0 Å². The molecule has 0 aliphatic heterocycles. The molecule has 1 heterocycles. The molecule has 0 bridgehead atoms. The molecule has 0 amide bonds. The second-order valence-electron chi connectivity index (χ2n) is 2.57. The lowest BCUT2D eigenvalue weighted by atomic mass is 10.4. The van der Waals surface area contributed by atoms with Crippen molar-refractivity contribution in [3.05, 3.63) is 35.3 Å². The summed E-state index contributed by atoms with van der Waals surface area (Å²) in [5.41, 5.74) is 0. The van der Waals surface area contributed by atoms with Gasteiger partial charge in [0.05, 0.1) is 0 Å². The first-order valence-corrected chi connectivity index (χ1v) is 7.01. The van der Waals surface area contributed by atoms with Crippen molar-refractivity contribution in [2.45, 2.75) is 16.2 Å². The van der Waals surface area contributed by atoms with Crippen LogP contribution >= 0.6 is 32.9 Å². The SMILES string of the molecule is Cc1nnc(SSc2ccccc2)s1. The van der Waals surface area contributed by atoms with Crippen molar-refractivity contribution in [2.24, 2.45) is 0 Å². The minimum atomic E-state index is 1.01. The van der Waals surface area contributed by atoms with E-state index >= 15 is 0 Å². The highest BCUT2D eigenvalue weighted by Crippen LogP contribution is 2.38. The first kappa shape index (κ1) is 10.0. The van der Waals surface area contributed by atoms with Crippen LogP contribution in [0.3, 0.4) is 0 Å². The zero-order valence-electron chi connectivity index (χ0n) is 7.51. The molecule has 0 saturated heterocycles. The van der Waals surface area contributed by atoms with E-state index in [1.165, 1.54) is 4.90 Å². The zero-order valence-corrected chi connectivity index (χ0v) is 9.96. The number of hydrogen-bond acceptors (Lipinski definition) is 5. The second-order valence-corrected chi connectivity index (χ2v) is 6.20. The van der Waals surface area contributed by atoms with Crippen LogP contribution in [0.4, 0.5) is 0 Å². The van der Waals surface area contributed by atoms with Gasteiger partial charge in [-0.1, -0.05) is 40.3 Å². The van der Waals surface area contributed by atoms with Gasteiger partial charge < -0.3 is 0 Å². The van der Waals surface area contributed by atoms with Gasteiger partial charge in [0.25, 0.3) is 0 Å². The molecule has 2 nitrogen and oxygen atoms in total. The topological polar surface area (TPSA) is 25.8 Å². The van der Waals surface area contributed by atoms with E-state index in [4.69, 9.17) is 0 Å². The standard InChI is InChI=1S/C9H8N2S3/c1-7-10-11-9(12-7)14-13-8-5-3-2-4-6-8/h2-6H,1H3. The Kier molecular flexibility index (Phi) is 3.44. The molecule has 0 N–H and O–H groups in total. The van der Waals surface area contributed by atoms with Gasteiger partial charge in [-0.2, -0.15) is 0 Å². The van der Waals surface area contributed by atoms with Crippen molar-refractivity contribution in [1.29, 1.82) is 0 Å². The maximum atomic E-state index is 4.04. The zero-order chi connectivity index (χ0) is 9.80. The van der Waals surface area contributed by atoms with Crippen molar-refractivity contribution in [1.82, 2.24) is 10.2 Å². The largest absolute Gasteiger partial charge is 0.185 e. The summed E-state index contributed by atoms with van der Waals surface area (Å²) >= 11 is 1.63. The molecule has 2 aromatic rings. The highest BCUT2D eigenvalue weighted by atomic mass is 33.1. The van der Waals surface area contributed by atoms with Crippen LogP contribution in [0.1, 0.15) is 5.01 Å². The average molecular weight is 240 g/mol. The third kappa shape index (κ3) is 2.73. The Morgan fingerprint density at radius 3 is 2.50 bits per heavy atom. The van der Waals surface area contributed by atoms with Crippen LogP contribution in [0.15, 0.2) is 39.6 Å². The Hall–Kier alpha value is -0.520. The fourth-order valence-corrected chi connectivity index (χ4v) is 3.84. The van der Waals surface area contributed by atoms with Gasteiger partial charge in [0, 0.05) is 4.90 Å². The molecule has 5 heteroatoms. The van der Waals surface area contributed by atoms with E-state index in [0.717, 1.165) is 9.35 Å². The lowest BCUT2D eigenvalue weighted by molar-refractivity contribution is 0.986. The summed E-state index contributed by atoms with van der Waals surface area (Å²) in [4.78, 5) is 1.24. The van der Waals surface area contributed by atoms with Gasteiger partial charge in [-0.05, 0) is 29.9 Å². The van der Waals surface area contributed by atoms with Gasteiger partial charge in [0.15, 0.2) is 4.34 Å². The van der Waals surface area contributed by atoms with Crippen LogP contribution in [-0.2, 0) is 0 Å². The lowest BCUT2D eigenvalue weighted by Crippen LogP contribution is -1.69. The first-order valence-electron chi connectivity index (χ1n) is 4.04. The third-order valence-electron chi connectivity index (χ3n) is 1.46. The summed E-state index contributed by atoms with van der Waals surface area (Å²) in [5, 5.41) is 9.02. The molecule has 0 spiro atoms. The van der Waals surface area contributed by atoms with Crippen molar-refractivity contribution >= 4 is 32.9 Å². The summed E-state index contributed by atoms with van der Waals surface area (Å²) in [5.74, 6) is 0. The van der Waals surface area contributed by atoms with E-state index in [2.05, 4.69) is 22.3 Å². The number of aryl methyl sites for hydroxylation is 1. The van der Waals surface area contributed by atoms with Crippen LogP contribution < -0.4 is 0 Å². The predicted molar refractivity (Wildman–Crippen MR) is 62.8 cm³/mol.